The number of amides is 3. The van der Waals surface area contributed by atoms with Gasteiger partial charge >= 0.3 is 18.2 Å². The molecule has 1 saturated carbocycles. The number of benzene rings is 1. The molecular weight excluding hydrogens is 365 g/mol. The molecule has 1 atom stereocenters. The van der Waals surface area contributed by atoms with E-state index in [1.54, 1.807) is 0 Å². The first-order valence-corrected chi connectivity index (χ1v) is 8.66. The van der Waals surface area contributed by atoms with E-state index in [9.17, 15) is 27.6 Å². The molecule has 3 amide bonds. The van der Waals surface area contributed by atoms with Crippen LogP contribution in [0.4, 0.5) is 18.0 Å². The maximum absolute atomic E-state index is 12.7. The van der Waals surface area contributed by atoms with Crippen LogP contribution in [0, 0.1) is 0 Å². The summed E-state index contributed by atoms with van der Waals surface area (Å²) in [5.41, 5.74) is -1.34. The number of alkyl halides is 3. The number of hydrogen-bond donors (Lipinski definition) is 2. The van der Waals surface area contributed by atoms with Gasteiger partial charge in [-0.2, -0.15) is 13.2 Å². The van der Waals surface area contributed by atoms with E-state index in [1.807, 2.05) is 0 Å². The smallest absolute Gasteiger partial charge is 0.416 e. The lowest BCUT2D eigenvalue weighted by Crippen LogP contribution is -2.48. The number of imide groups is 1. The second-order valence-electron chi connectivity index (χ2n) is 6.42. The van der Waals surface area contributed by atoms with Gasteiger partial charge in [0.15, 0.2) is 6.10 Å². The van der Waals surface area contributed by atoms with Crippen molar-refractivity contribution >= 4 is 17.9 Å². The van der Waals surface area contributed by atoms with Crippen LogP contribution in [0.25, 0.3) is 0 Å². The first-order valence-electron chi connectivity index (χ1n) is 8.66. The first-order chi connectivity index (χ1) is 12.7. The Morgan fingerprint density at radius 2 is 1.81 bits per heavy atom. The Labute approximate surface area is 154 Å². The molecule has 1 fully saturated rings. The van der Waals surface area contributed by atoms with Gasteiger partial charge in [0, 0.05) is 6.04 Å². The second kappa shape index (κ2) is 8.88. The highest BCUT2D eigenvalue weighted by atomic mass is 19.4. The van der Waals surface area contributed by atoms with Crippen molar-refractivity contribution < 1.29 is 32.3 Å². The van der Waals surface area contributed by atoms with Crippen LogP contribution in [0.1, 0.15) is 54.9 Å². The van der Waals surface area contributed by atoms with Crippen LogP contribution >= 0.6 is 0 Å². The molecule has 1 aliphatic rings. The van der Waals surface area contributed by atoms with Crippen LogP contribution < -0.4 is 10.6 Å². The van der Waals surface area contributed by atoms with E-state index in [1.165, 1.54) is 6.92 Å². The van der Waals surface area contributed by atoms with Gasteiger partial charge in [0.1, 0.15) is 0 Å². The third-order valence-corrected chi connectivity index (χ3v) is 4.26. The standard InChI is InChI=1S/C18H21F3N2O4/c1-11(15(24)23-17(26)22-14-8-3-2-4-9-14)27-16(25)12-6-5-7-13(10-12)18(19,20)21/h5-7,10-11,14H,2-4,8-9H2,1H3,(H2,22,23,24,26)/t11-/m1/s1. The number of urea groups is 1. The molecule has 0 unspecified atom stereocenters. The quantitative estimate of drug-likeness (QED) is 0.777. The Hall–Kier alpha value is -2.58. The highest BCUT2D eigenvalue weighted by Gasteiger charge is 2.31. The normalized spacial score (nSPS) is 16.3. The average molecular weight is 386 g/mol. The van der Waals surface area contributed by atoms with Crippen molar-refractivity contribution in [3.8, 4) is 0 Å². The van der Waals surface area contributed by atoms with Crippen LogP contribution in [0.5, 0.6) is 0 Å². The van der Waals surface area contributed by atoms with Gasteiger partial charge in [0.05, 0.1) is 11.1 Å². The molecule has 0 aliphatic heterocycles. The van der Waals surface area contributed by atoms with E-state index in [4.69, 9.17) is 4.74 Å². The summed E-state index contributed by atoms with van der Waals surface area (Å²) in [7, 11) is 0. The summed E-state index contributed by atoms with van der Waals surface area (Å²) in [6.45, 7) is 1.23. The lowest BCUT2D eigenvalue weighted by molar-refractivity contribution is -0.137. The van der Waals surface area contributed by atoms with Gasteiger partial charge in [-0.25, -0.2) is 9.59 Å². The van der Waals surface area contributed by atoms with Crippen molar-refractivity contribution in [2.75, 3.05) is 0 Å². The largest absolute Gasteiger partial charge is 0.449 e. The lowest BCUT2D eigenvalue weighted by Gasteiger charge is -2.23. The maximum Gasteiger partial charge on any atom is 0.416 e. The summed E-state index contributed by atoms with van der Waals surface area (Å²) in [5.74, 6) is -1.94. The van der Waals surface area contributed by atoms with Crippen LogP contribution in [0.2, 0.25) is 0 Å². The molecule has 0 bridgehead atoms. The predicted molar refractivity (Wildman–Crippen MR) is 89.9 cm³/mol. The SMILES string of the molecule is C[C@@H](OC(=O)c1cccc(C(F)(F)F)c1)C(=O)NC(=O)NC1CCCCC1. The van der Waals surface area contributed by atoms with Gasteiger partial charge in [-0.15, -0.1) is 0 Å². The van der Waals surface area contributed by atoms with Crippen LogP contribution in [-0.4, -0.2) is 30.1 Å². The molecule has 0 spiro atoms. The Bertz CT molecular complexity index is 700. The predicted octanol–water partition coefficient (Wildman–Crippen LogP) is 3.41. The minimum atomic E-state index is -4.60. The fraction of sp³-hybridized carbons (Fsp3) is 0.500. The fourth-order valence-corrected chi connectivity index (χ4v) is 2.79. The number of esters is 1. The zero-order chi connectivity index (χ0) is 20.0. The van der Waals surface area contributed by atoms with Gasteiger partial charge in [-0.05, 0) is 38.0 Å². The van der Waals surface area contributed by atoms with Crippen molar-refractivity contribution in [1.82, 2.24) is 10.6 Å². The molecule has 1 aromatic carbocycles. The minimum Gasteiger partial charge on any atom is -0.449 e. The second-order valence-corrected chi connectivity index (χ2v) is 6.42. The molecule has 2 rings (SSSR count). The van der Waals surface area contributed by atoms with Crippen molar-refractivity contribution in [3.05, 3.63) is 35.4 Å². The van der Waals surface area contributed by atoms with Gasteiger partial charge in [0.2, 0.25) is 0 Å². The van der Waals surface area contributed by atoms with Gasteiger partial charge in [0.25, 0.3) is 5.91 Å². The minimum absolute atomic E-state index is 0.00508. The highest BCUT2D eigenvalue weighted by Crippen LogP contribution is 2.29. The van der Waals surface area contributed by atoms with Gasteiger partial charge in [-0.1, -0.05) is 25.3 Å². The molecule has 148 valence electrons. The topological polar surface area (TPSA) is 84.5 Å². The Balaban J connectivity index is 1.88. The highest BCUT2D eigenvalue weighted by molar-refractivity contribution is 5.98. The van der Waals surface area contributed by atoms with Crippen molar-refractivity contribution in [2.24, 2.45) is 0 Å². The summed E-state index contributed by atoms with van der Waals surface area (Å²) < 4.78 is 43.0. The van der Waals surface area contributed by atoms with Crippen LogP contribution in [0.15, 0.2) is 24.3 Å². The average Bonchev–Trinajstić information content (AvgIpc) is 2.61. The number of carbonyl (C=O) groups excluding carboxylic acids is 3. The first kappa shape index (κ1) is 20.7. The van der Waals surface area contributed by atoms with Crippen molar-refractivity contribution in [2.45, 2.75) is 57.3 Å². The number of carbonyl (C=O) groups is 3. The lowest BCUT2D eigenvalue weighted by atomic mass is 9.96. The van der Waals surface area contributed by atoms with E-state index in [0.29, 0.717) is 6.07 Å². The molecular formula is C18H21F3N2O4. The van der Waals surface area contributed by atoms with Gasteiger partial charge in [-0.3, -0.25) is 10.1 Å². The van der Waals surface area contributed by atoms with E-state index in [2.05, 4.69) is 10.6 Å². The fourth-order valence-electron chi connectivity index (χ4n) is 2.79. The molecule has 1 aliphatic carbocycles. The van der Waals surface area contributed by atoms with Crippen molar-refractivity contribution in [1.29, 1.82) is 0 Å². The molecule has 27 heavy (non-hydrogen) atoms. The molecule has 0 saturated heterocycles. The summed E-state index contributed by atoms with van der Waals surface area (Å²) in [6, 6.07) is 2.99. The van der Waals surface area contributed by atoms with Crippen molar-refractivity contribution in [3.63, 3.8) is 0 Å². The zero-order valence-electron chi connectivity index (χ0n) is 14.8. The number of hydrogen-bond acceptors (Lipinski definition) is 4. The Kier molecular flexibility index (Phi) is 6.81. The summed E-state index contributed by atoms with van der Waals surface area (Å²) >= 11 is 0. The monoisotopic (exact) mass is 386 g/mol. The zero-order valence-corrected chi connectivity index (χ0v) is 14.8. The molecule has 0 radical (unpaired) electrons. The van der Waals surface area contributed by atoms with Crippen LogP contribution in [-0.2, 0) is 15.7 Å². The van der Waals surface area contributed by atoms with E-state index in [-0.39, 0.29) is 11.6 Å². The molecule has 0 aromatic heterocycles. The molecule has 6 nitrogen and oxygen atoms in total. The summed E-state index contributed by atoms with van der Waals surface area (Å²) in [4.78, 5) is 35.8. The molecule has 1 aromatic rings. The molecule has 0 heterocycles. The number of rotatable bonds is 4. The van der Waals surface area contributed by atoms with E-state index < -0.39 is 35.8 Å². The molecule has 2 N–H and O–H groups in total. The maximum atomic E-state index is 12.7. The number of nitrogens with one attached hydrogen (secondary N) is 2. The van der Waals surface area contributed by atoms with Gasteiger partial charge < -0.3 is 10.1 Å². The Morgan fingerprint density at radius 1 is 1.15 bits per heavy atom. The van der Waals surface area contributed by atoms with E-state index >= 15 is 0 Å². The third-order valence-electron chi connectivity index (χ3n) is 4.26. The third kappa shape index (κ3) is 6.26. The summed E-state index contributed by atoms with van der Waals surface area (Å²) in [5, 5.41) is 4.75. The molecule has 9 heteroatoms. The van der Waals surface area contributed by atoms with E-state index in [0.717, 1.165) is 50.3 Å². The van der Waals surface area contributed by atoms with Crippen LogP contribution in [0.3, 0.4) is 0 Å². The number of halogens is 3. The number of ether oxygens (including phenoxy) is 1. The summed E-state index contributed by atoms with van der Waals surface area (Å²) in [6.07, 6.45) is -1.15. The Morgan fingerprint density at radius 3 is 2.44 bits per heavy atom.